The van der Waals surface area contributed by atoms with E-state index < -0.39 is 12.2 Å². The van der Waals surface area contributed by atoms with Gasteiger partial charge in [0, 0.05) is 5.88 Å². The maximum atomic E-state index is 10.2. The zero-order valence-corrected chi connectivity index (χ0v) is 11.7. The van der Waals surface area contributed by atoms with E-state index in [9.17, 15) is 10.2 Å². The van der Waals surface area contributed by atoms with Crippen LogP contribution in [0.3, 0.4) is 0 Å². The van der Waals surface area contributed by atoms with Crippen molar-refractivity contribution in [1.82, 2.24) is 0 Å². The number of halogens is 1. The van der Waals surface area contributed by atoms with Gasteiger partial charge in [-0.3, -0.25) is 0 Å². The lowest BCUT2D eigenvalue weighted by molar-refractivity contribution is 0.0142. The van der Waals surface area contributed by atoms with Crippen LogP contribution in [0.15, 0.2) is 12.1 Å². The van der Waals surface area contributed by atoms with E-state index in [2.05, 4.69) is 0 Å². The minimum Gasteiger partial charge on any atom is -0.496 e. The van der Waals surface area contributed by atoms with E-state index >= 15 is 0 Å². The molecule has 1 rings (SSSR count). The summed E-state index contributed by atoms with van der Waals surface area (Å²) < 4.78 is 10.4. The summed E-state index contributed by atoms with van der Waals surface area (Å²) in [5.41, 5.74) is 0.941. The zero-order valence-electron chi connectivity index (χ0n) is 11.0. The molecule has 0 saturated heterocycles. The molecule has 0 amide bonds. The molecule has 6 heteroatoms. The number of hydrogen-bond donors (Lipinski definition) is 3. The van der Waals surface area contributed by atoms with E-state index in [1.54, 1.807) is 12.1 Å². The minimum absolute atomic E-state index is 0.173. The predicted molar refractivity (Wildman–Crippen MR) is 71.8 cm³/mol. The summed E-state index contributed by atoms with van der Waals surface area (Å²) in [5.74, 6) is 0.937. The number of ether oxygens (including phenoxy) is 2. The molecule has 2 unspecified atom stereocenters. The van der Waals surface area contributed by atoms with Crippen LogP contribution in [0.5, 0.6) is 11.5 Å². The average molecular weight is 291 g/mol. The van der Waals surface area contributed by atoms with Crippen molar-refractivity contribution in [1.29, 1.82) is 0 Å². The predicted octanol–water partition coefficient (Wildman–Crippen LogP) is 1.22. The number of aliphatic hydroxyl groups excluding tert-OH is 3. The number of rotatable bonds is 7. The number of hydrogen-bond acceptors (Lipinski definition) is 5. The third kappa shape index (κ3) is 3.73. The van der Waals surface area contributed by atoms with Gasteiger partial charge in [0.05, 0.1) is 32.5 Å². The monoisotopic (exact) mass is 290 g/mol. The van der Waals surface area contributed by atoms with E-state index in [0.717, 1.165) is 0 Å². The lowest BCUT2D eigenvalue weighted by Crippen LogP contribution is -2.20. The molecule has 5 nitrogen and oxygen atoms in total. The highest BCUT2D eigenvalue weighted by Gasteiger charge is 2.26. The first-order chi connectivity index (χ1) is 9.08. The van der Waals surface area contributed by atoms with Crippen molar-refractivity contribution in [3.63, 3.8) is 0 Å². The number of benzene rings is 1. The Bertz CT molecular complexity index is 385. The van der Waals surface area contributed by atoms with Crippen LogP contribution in [0, 0.1) is 0 Å². The number of alkyl halides is 1. The van der Waals surface area contributed by atoms with Crippen LogP contribution in [-0.2, 0) is 6.61 Å². The van der Waals surface area contributed by atoms with E-state index in [4.69, 9.17) is 26.2 Å². The lowest BCUT2D eigenvalue weighted by Gasteiger charge is -2.22. The van der Waals surface area contributed by atoms with Crippen molar-refractivity contribution >= 4 is 11.6 Å². The molecule has 0 aliphatic rings. The second-order valence-electron chi connectivity index (χ2n) is 4.06. The van der Waals surface area contributed by atoms with Gasteiger partial charge in [-0.2, -0.15) is 0 Å². The smallest absolute Gasteiger partial charge is 0.128 e. The van der Waals surface area contributed by atoms with E-state index in [1.807, 2.05) is 0 Å². The molecule has 0 bridgehead atoms. The Morgan fingerprint density at radius 1 is 1.16 bits per heavy atom. The molecular weight excluding hydrogens is 272 g/mol. The van der Waals surface area contributed by atoms with Crippen molar-refractivity contribution in [2.45, 2.75) is 25.2 Å². The van der Waals surface area contributed by atoms with Gasteiger partial charge < -0.3 is 24.8 Å². The van der Waals surface area contributed by atoms with Gasteiger partial charge in [-0.25, -0.2) is 0 Å². The largest absolute Gasteiger partial charge is 0.496 e. The summed E-state index contributed by atoms with van der Waals surface area (Å²) in [6.45, 7) is -0.173. The van der Waals surface area contributed by atoms with Crippen LogP contribution < -0.4 is 9.47 Å². The minimum atomic E-state index is -1.17. The summed E-state index contributed by atoms with van der Waals surface area (Å²) in [6, 6.07) is 3.18. The molecule has 0 saturated carbocycles. The van der Waals surface area contributed by atoms with Crippen LogP contribution in [0.4, 0.5) is 0 Å². The quantitative estimate of drug-likeness (QED) is 0.658. The molecule has 1 aromatic carbocycles. The molecule has 0 aliphatic carbocycles. The molecule has 0 radical (unpaired) electrons. The summed E-state index contributed by atoms with van der Waals surface area (Å²) >= 11 is 5.56. The van der Waals surface area contributed by atoms with Crippen molar-refractivity contribution < 1.29 is 24.8 Å². The number of methoxy groups -OCH3 is 2. The van der Waals surface area contributed by atoms with Gasteiger partial charge >= 0.3 is 0 Å². The van der Waals surface area contributed by atoms with Crippen molar-refractivity contribution in [3.05, 3.63) is 23.3 Å². The van der Waals surface area contributed by atoms with Crippen LogP contribution in [0.2, 0.25) is 0 Å². The molecule has 0 aliphatic heterocycles. The van der Waals surface area contributed by atoms with Gasteiger partial charge in [-0.15, -0.1) is 11.6 Å². The van der Waals surface area contributed by atoms with Crippen molar-refractivity contribution in [2.75, 3.05) is 20.1 Å². The Morgan fingerprint density at radius 3 is 2.05 bits per heavy atom. The molecule has 0 aromatic heterocycles. The van der Waals surface area contributed by atoms with Crippen LogP contribution >= 0.6 is 11.6 Å². The Kier molecular flexibility index (Phi) is 6.37. The standard InChI is InChI=1S/C13H19ClO5/c1-18-10-5-8(7-15)6-11(19-2)12(10)13(17)9(16)3-4-14/h5-6,9,13,15-17H,3-4,7H2,1-2H3. The SMILES string of the molecule is COc1cc(CO)cc(OC)c1C(O)C(O)CCCl. The molecule has 108 valence electrons. The van der Waals surface area contributed by atoms with Gasteiger partial charge in [0.25, 0.3) is 0 Å². The summed E-state index contributed by atoms with van der Waals surface area (Å²) in [4.78, 5) is 0. The fourth-order valence-corrected chi connectivity index (χ4v) is 2.06. The zero-order chi connectivity index (χ0) is 14.4. The molecule has 2 atom stereocenters. The summed E-state index contributed by atoms with van der Waals surface area (Å²) in [5, 5.41) is 29.2. The van der Waals surface area contributed by atoms with Crippen LogP contribution in [0.1, 0.15) is 23.7 Å². The van der Waals surface area contributed by atoms with Gasteiger partial charge in [0.15, 0.2) is 0 Å². The maximum absolute atomic E-state index is 10.2. The maximum Gasteiger partial charge on any atom is 0.128 e. The first-order valence-electron chi connectivity index (χ1n) is 5.86. The van der Waals surface area contributed by atoms with Gasteiger partial charge in [-0.1, -0.05) is 0 Å². The summed E-state index contributed by atoms with van der Waals surface area (Å²) in [6.07, 6.45) is -1.94. The first-order valence-corrected chi connectivity index (χ1v) is 6.40. The Hall–Kier alpha value is -1.01. The Balaban J connectivity index is 3.23. The van der Waals surface area contributed by atoms with Crippen molar-refractivity contribution in [2.24, 2.45) is 0 Å². The highest BCUT2D eigenvalue weighted by atomic mass is 35.5. The van der Waals surface area contributed by atoms with Gasteiger partial charge in [-0.05, 0) is 24.1 Å². The van der Waals surface area contributed by atoms with E-state index in [0.29, 0.717) is 22.6 Å². The molecule has 1 aromatic rings. The molecule has 3 N–H and O–H groups in total. The topological polar surface area (TPSA) is 79.2 Å². The molecule has 19 heavy (non-hydrogen) atoms. The first kappa shape index (κ1) is 16.0. The molecule has 0 heterocycles. The van der Waals surface area contributed by atoms with Crippen LogP contribution in [0.25, 0.3) is 0 Å². The molecule has 0 fully saturated rings. The third-order valence-electron chi connectivity index (χ3n) is 2.85. The molecular formula is C13H19ClO5. The highest BCUT2D eigenvalue weighted by Crippen LogP contribution is 2.37. The van der Waals surface area contributed by atoms with Gasteiger partial charge in [0.1, 0.15) is 17.6 Å². The fraction of sp³-hybridized carbons (Fsp3) is 0.538. The Morgan fingerprint density at radius 2 is 1.68 bits per heavy atom. The van der Waals surface area contributed by atoms with E-state index in [1.165, 1.54) is 14.2 Å². The second kappa shape index (κ2) is 7.55. The van der Waals surface area contributed by atoms with E-state index in [-0.39, 0.29) is 18.9 Å². The normalized spacial score (nSPS) is 14.0. The molecule has 0 spiro atoms. The average Bonchev–Trinajstić information content (AvgIpc) is 2.44. The van der Waals surface area contributed by atoms with Gasteiger partial charge in [0.2, 0.25) is 0 Å². The summed E-state index contributed by atoms with van der Waals surface area (Å²) in [7, 11) is 2.89. The highest BCUT2D eigenvalue weighted by molar-refractivity contribution is 6.17. The fourth-order valence-electron chi connectivity index (χ4n) is 1.84. The van der Waals surface area contributed by atoms with Crippen molar-refractivity contribution in [3.8, 4) is 11.5 Å². The van der Waals surface area contributed by atoms with Crippen LogP contribution in [-0.4, -0.2) is 41.5 Å². The lowest BCUT2D eigenvalue weighted by atomic mass is 9.98. The number of aliphatic hydroxyl groups is 3. The second-order valence-corrected chi connectivity index (χ2v) is 4.44. The third-order valence-corrected chi connectivity index (χ3v) is 3.07. The Labute approximate surface area is 117 Å².